The highest BCUT2D eigenvalue weighted by Crippen LogP contribution is 2.38. The predicted molar refractivity (Wildman–Crippen MR) is 161 cm³/mol. The minimum atomic E-state index is -0.772. The van der Waals surface area contributed by atoms with Crippen LogP contribution in [0.3, 0.4) is 0 Å². The SMILES string of the molecule is CCn1nnc2c(F)c([C@H](c3ccc(C)c(CN4Cc5ncccc5OC(C)(C)C4)c3)[C@@H](C)C(=O)N3CCOC3=O)ccc21. The van der Waals surface area contributed by atoms with Gasteiger partial charge in [0.25, 0.3) is 0 Å². The molecule has 1 fully saturated rings. The number of halogens is 1. The maximum Gasteiger partial charge on any atom is 0.416 e. The molecule has 0 saturated carbocycles. The Morgan fingerprint density at radius 3 is 2.75 bits per heavy atom. The highest BCUT2D eigenvalue weighted by molar-refractivity contribution is 5.95. The summed E-state index contributed by atoms with van der Waals surface area (Å²) in [6.07, 6.45) is 1.10. The maximum atomic E-state index is 16.3. The number of fused-ring (bicyclic) bond motifs is 2. The Bertz CT molecular complexity index is 1740. The Kier molecular flexibility index (Phi) is 7.83. The second-order valence-corrected chi connectivity index (χ2v) is 12.3. The molecule has 44 heavy (non-hydrogen) atoms. The van der Waals surface area contributed by atoms with Crippen molar-refractivity contribution in [3.8, 4) is 5.75 Å². The van der Waals surface area contributed by atoms with E-state index in [4.69, 9.17) is 9.47 Å². The lowest BCUT2D eigenvalue weighted by Crippen LogP contribution is -2.40. The predicted octanol–water partition coefficient (Wildman–Crippen LogP) is 5.21. The summed E-state index contributed by atoms with van der Waals surface area (Å²) in [6, 6.07) is 13.3. The van der Waals surface area contributed by atoms with Crippen molar-refractivity contribution in [3.63, 3.8) is 0 Å². The number of aryl methyl sites for hydroxylation is 2. The molecule has 2 aliphatic rings. The van der Waals surface area contributed by atoms with E-state index in [-0.39, 0.29) is 18.7 Å². The van der Waals surface area contributed by atoms with Gasteiger partial charge in [0.05, 0.1) is 17.8 Å². The second-order valence-electron chi connectivity index (χ2n) is 12.3. The standard InChI is InChI=1S/C33H37FN6O4/c1-6-40-26-12-11-24(29(34)30(26)36-37-40)28(21(3)31(41)39-14-15-43-32(39)42)22-10-9-20(2)23(16-22)17-38-18-25-27(8-7-13-35-25)44-33(4,5)19-38/h7-13,16,21,28H,6,14-15,17-19H2,1-5H3/t21-,28+/m1/s1. The molecule has 2 aromatic heterocycles. The third kappa shape index (κ3) is 5.52. The van der Waals surface area contributed by atoms with Gasteiger partial charge in [-0.1, -0.05) is 36.4 Å². The average Bonchev–Trinajstić information content (AvgIpc) is 3.59. The first kappa shape index (κ1) is 29.7. The molecule has 0 unspecified atom stereocenters. The third-order valence-electron chi connectivity index (χ3n) is 8.55. The van der Waals surface area contributed by atoms with Crippen molar-refractivity contribution >= 4 is 23.0 Å². The van der Waals surface area contributed by atoms with Crippen LogP contribution in [0.5, 0.6) is 5.75 Å². The number of imide groups is 1. The van der Waals surface area contributed by atoms with Crippen molar-refractivity contribution in [2.75, 3.05) is 19.7 Å². The lowest BCUT2D eigenvalue weighted by atomic mass is 9.79. The molecule has 2 amide bonds. The van der Waals surface area contributed by atoms with E-state index in [2.05, 4.69) is 40.1 Å². The van der Waals surface area contributed by atoms with Crippen molar-refractivity contribution in [1.82, 2.24) is 29.8 Å². The quantitative estimate of drug-likeness (QED) is 0.285. The molecule has 0 radical (unpaired) electrons. The molecule has 1 saturated heterocycles. The zero-order valence-corrected chi connectivity index (χ0v) is 25.7. The highest BCUT2D eigenvalue weighted by Gasteiger charge is 2.38. The number of carbonyl (C=O) groups is 2. The van der Waals surface area contributed by atoms with E-state index in [0.717, 1.165) is 33.0 Å². The summed E-state index contributed by atoms with van der Waals surface area (Å²) in [6.45, 7) is 12.6. The van der Waals surface area contributed by atoms with Crippen LogP contribution in [0.4, 0.5) is 9.18 Å². The number of pyridine rings is 1. The molecular weight excluding hydrogens is 563 g/mol. The zero-order valence-electron chi connectivity index (χ0n) is 25.7. The number of benzene rings is 2. The van der Waals surface area contributed by atoms with Crippen LogP contribution in [0.25, 0.3) is 11.0 Å². The fourth-order valence-electron chi connectivity index (χ4n) is 6.39. The average molecular weight is 601 g/mol. The first-order valence-corrected chi connectivity index (χ1v) is 15.0. The summed E-state index contributed by atoms with van der Waals surface area (Å²) < 4.78 is 29.3. The van der Waals surface area contributed by atoms with Crippen molar-refractivity contribution in [1.29, 1.82) is 0 Å². The van der Waals surface area contributed by atoms with Gasteiger partial charge in [-0.3, -0.25) is 14.7 Å². The molecule has 0 aliphatic carbocycles. The van der Waals surface area contributed by atoms with Gasteiger partial charge in [0.1, 0.15) is 23.5 Å². The molecule has 0 spiro atoms. The van der Waals surface area contributed by atoms with Crippen LogP contribution in [0.2, 0.25) is 0 Å². The fraction of sp³-hybridized carbons (Fsp3) is 0.424. The van der Waals surface area contributed by atoms with Crippen molar-refractivity contribution < 1.29 is 23.5 Å². The van der Waals surface area contributed by atoms with Gasteiger partial charge in [-0.15, -0.1) is 5.10 Å². The number of nitrogens with zero attached hydrogens (tertiary/aromatic N) is 6. The molecule has 2 atom stereocenters. The van der Waals surface area contributed by atoms with Crippen LogP contribution < -0.4 is 4.74 Å². The van der Waals surface area contributed by atoms with Gasteiger partial charge in [-0.25, -0.2) is 18.8 Å². The number of aromatic nitrogens is 4. The van der Waals surface area contributed by atoms with Gasteiger partial charge in [-0.2, -0.15) is 0 Å². The molecule has 0 N–H and O–H groups in total. The van der Waals surface area contributed by atoms with Gasteiger partial charge in [0.2, 0.25) is 5.91 Å². The second kappa shape index (κ2) is 11.6. The van der Waals surface area contributed by atoms with E-state index in [1.807, 2.05) is 38.1 Å². The number of cyclic esters (lactones) is 1. The van der Waals surface area contributed by atoms with Gasteiger partial charge in [-0.05, 0) is 68.1 Å². The zero-order chi connectivity index (χ0) is 31.2. The maximum absolute atomic E-state index is 16.3. The molecule has 11 heteroatoms. The van der Waals surface area contributed by atoms with E-state index >= 15 is 4.39 Å². The summed E-state index contributed by atoms with van der Waals surface area (Å²) in [4.78, 5) is 34.0. The molecule has 230 valence electrons. The molecule has 0 bridgehead atoms. The molecule has 2 aromatic carbocycles. The number of hydrogen-bond acceptors (Lipinski definition) is 8. The van der Waals surface area contributed by atoms with Gasteiger partial charge in [0.15, 0.2) is 5.82 Å². The Labute approximate surface area is 255 Å². The van der Waals surface area contributed by atoms with E-state index in [1.165, 1.54) is 0 Å². The van der Waals surface area contributed by atoms with Crippen LogP contribution in [0, 0.1) is 18.7 Å². The molecule has 2 aliphatic heterocycles. The van der Waals surface area contributed by atoms with Crippen LogP contribution in [0.1, 0.15) is 61.6 Å². The fourth-order valence-corrected chi connectivity index (χ4v) is 6.39. The smallest absolute Gasteiger partial charge is 0.416 e. The summed E-state index contributed by atoms with van der Waals surface area (Å²) in [5.41, 5.74) is 4.37. The number of hydrogen-bond donors (Lipinski definition) is 0. The molecule has 4 heterocycles. The van der Waals surface area contributed by atoms with Gasteiger partial charge < -0.3 is 9.47 Å². The minimum absolute atomic E-state index is 0.144. The Morgan fingerprint density at radius 1 is 1.18 bits per heavy atom. The Hall–Kier alpha value is -4.38. The van der Waals surface area contributed by atoms with E-state index in [1.54, 1.807) is 29.9 Å². The normalized spacial score (nSPS) is 18.0. The van der Waals surface area contributed by atoms with Crippen molar-refractivity contribution in [3.05, 3.63) is 82.4 Å². The van der Waals surface area contributed by atoms with Crippen LogP contribution in [-0.2, 0) is 29.2 Å². The topological polar surface area (TPSA) is 103 Å². The Balaban J connectivity index is 1.41. The van der Waals surface area contributed by atoms with Crippen molar-refractivity contribution in [2.24, 2.45) is 5.92 Å². The van der Waals surface area contributed by atoms with Crippen LogP contribution in [0.15, 0.2) is 48.7 Å². The van der Waals surface area contributed by atoms with Crippen LogP contribution >= 0.6 is 0 Å². The lowest BCUT2D eigenvalue weighted by molar-refractivity contribution is -0.131. The minimum Gasteiger partial charge on any atom is -0.485 e. The molecule has 4 aromatic rings. The first-order valence-electron chi connectivity index (χ1n) is 15.0. The number of carbonyl (C=O) groups excluding carboxylic acids is 2. The van der Waals surface area contributed by atoms with E-state index < -0.39 is 35.3 Å². The highest BCUT2D eigenvalue weighted by atomic mass is 19.1. The largest absolute Gasteiger partial charge is 0.485 e. The molecule has 6 rings (SSSR count). The number of rotatable bonds is 7. The van der Waals surface area contributed by atoms with Crippen molar-refractivity contribution in [2.45, 2.75) is 65.8 Å². The number of amides is 2. The first-order chi connectivity index (χ1) is 21.1. The summed E-state index contributed by atoms with van der Waals surface area (Å²) in [5, 5.41) is 8.21. The van der Waals surface area contributed by atoms with E-state index in [0.29, 0.717) is 37.3 Å². The molecular formula is C33H37FN6O4. The van der Waals surface area contributed by atoms with E-state index in [9.17, 15) is 9.59 Å². The monoisotopic (exact) mass is 600 g/mol. The lowest BCUT2D eigenvalue weighted by Gasteiger charge is -2.30. The molecule has 10 nitrogen and oxygen atoms in total. The summed E-state index contributed by atoms with van der Waals surface area (Å²) >= 11 is 0. The Morgan fingerprint density at radius 2 is 2.00 bits per heavy atom. The van der Waals surface area contributed by atoms with Crippen LogP contribution in [-0.4, -0.2) is 67.1 Å². The van der Waals surface area contributed by atoms with Gasteiger partial charge >= 0.3 is 6.09 Å². The summed E-state index contributed by atoms with van der Waals surface area (Å²) in [5.74, 6) is -1.62. The third-order valence-corrected chi connectivity index (χ3v) is 8.55. The summed E-state index contributed by atoms with van der Waals surface area (Å²) in [7, 11) is 0. The number of ether oxygens (including phenoxy) is 2. The van der Waals surface area contributed by atoms with Gasteiger partial charge in [0, 0.05) is 44.2 Å².